The summed E-state index contributed by atoms with van der Waals surface area (Å²) in [7, 11) is -3.13. The normalized spacial score (nSPS) is 12.0. The van der Waals surface area contributed by atoms with Gasteiger partial charge in [0.1, 0.15) is 12.8 Å². The first kappa shape index (κ1) is 29.3. The topological polar surface area (TPSA) is 61.7 Å². The predicted molar refractivity (Wildman–Crippen MR) is 130 cm³/mol. The molecule has 0 heterocycles. The summed E-state index contributed by atoms with van der Waals surface area (Å²) in [5.74, 6) is 0. The maximum Gasteiger partial charge on any atom is 0.406 e. The summed E-state index contributed by atoms with van der Waals surface area (Å²) in [4.78, 5) is 19.9. The molecule has 3 N–H and O–H groups in total. The average Bonchev–Trinajstić information content (AvgIpc) is 2.70. The molecule has 0 bridgehead atoms. The van der Waals surface area contributed by atoms with Crippen LogP contribution in [0.3, 0.4) is 0 Å². The van der Waals surface area contributed by atoms with Crippen molar-refractivity contribution in [2.24, 2.45) is 0 Å². The lowest BCUT2D eigenvalue weighted by Crippen LogP contribution is -2.21. The summed E-state index contributed by atoms with van der Waals surface area (Å²) < 4.78 is 5.29. The molecule has 0 saturated heterocycles. The minimum atomic E-state index is -3.13. The lowest BCUT2D eigenvalue weighted by molar-refractivity contribution is 0.228. The van der Waals surface area contributed by atoms with Gasteiger partial charge in [-0.25, -0.2) is 0 Å². The molecule has 0 aromatic carbocycles. The lowest BCUT2D eigenvalue weighted by Gasteiger charge is -2.11. The van der Waals surface area contributed by atoms with Gasteiger partial charge in [-0.3, -0.25) is 0 Å². The van der Waals surface area contributed by atoms with Crippen molar-refractivity contribution in [3.8, 4) is 0 Å². The zero-order valence-corrected chi connectivity index (χ0v) is 20.7. The van der Waals surface area contributed by atoms with Crippen LogP contribution in [0.5, 0.6) is 0 Å². The van der Waals surface area contributed by atoms with Crippen molar-refractivity contribution in [2.75, 3.05) is 25.9 Å². The first-order chi connectivity index (χ1) is 14.1. The molecule has 0 spiro atoms. The van der Waals surface area contributed by atoms with Crippen LogP contribution in [0.4, 0.5) is 0 Å². The summed E-state index contributed by atoms with van der Waals surface area (Å²) in [6, 6.07) is 0. The summed E-state index contributed by atoms with van der Waals surface area (Å²) in [6.45, 7) is 6.50. The van der Waals surface area contributed by atoms with Gasteiger partial charge in [0.05, 0.1) is 0 Å². The van der Waals surface area contributed by atoms with E-state index in [4.69, 9.17) is 4.52 Å². The van der Waals surface area contributed by atoms with Crippen molar-refractivity contribution in [1.29, 1.82) is 0 Å². The van der Waals surface area contributed by atoms with Crippen LogP contribution < -0.4 is 5.32 Å². The highest BCUT2D eigenvalue weighted by Crippen LogP contribution is 2.51. The lowest BCUT2D eigenvalue weighted by atomic mass is 10.0. The predicted octanol–water partition coefficient (Wildman–Crippen LogP) is 7.40. The summed E-state index contributed by atoms with van der Waals surface area (Å²) in [5, 5.41) is 3.25. The quantitative estimate of drug-likeness (QED) is 0.109. The Bertz CT molecular complexity index is 317. The summed E-state index contributed by atoms with van der Waals surface area (Å²) in [6.07, 6.45) is 24.0. The van der Waals surface area contributed by atoms with Crippen molar-refractivity contribution in [2.45, 2.75) is 129 Å². The van der Waals surface area contributed by atoms with Crippen molar-refractivity contribution in [3.63, 3.8) is 0 Å². The van der Waals surface area contributed by atoms with Gasteiger partial charge in [-0.05, 0) is 25.8 Å². The van der Waals surface area contributed by atoms with Crippen LogP contribution in [0.1, 0.15) is 129 Å². The Morgan fingerprint density at radius 2 is 0.966 bits per heavy atom. The Morgan fingerprint density at radius 3 is 1.41 bits per heavy atom. The van der Waals surface area contributed by atoms with Crippen LogP contribution in [-0.2, 0) is 4.52 Å². The van der Waals surface area contributed by atoms with E-state index in [-0.39, 0.29) is 0 Å². The molecule has 0 amide bonds. The first-order valence-corrected chi connectivity index (χ1v) is 14.6. The second-order valence-electron chi connectivity index (χ2n) is 8.63. The third-order valence-corrected chi connectivity index (χ3v) is 7.08. The highest BCUT2D eigenvalue weighted by molar-refractivity contribution is 7.59. The van der Waals surface area contributed by atoms with Gasteiger partial charge in [-0.15, -0.1) is 0 Å². The van der Waals surface area contributed by atoms with E-state index in [1.54, 1.807) is 0 Å². The molecule has 0 unspecified atom stereocenters. The van der Waals surface area contributed by atoms with Crippen molar-refractivity contribution in [1.82, 2.24) is 5.32 Å². The van der Waals surface area contributed by atoms with Crippen LogP contribution >= 0.6 is 7.94 Å². The van der Waals surface area contributed by atoms with Gasteiger partial charge in [0.15, 0.2) is 0 Å². The van der Waals surface area contributed by atoms with E-state index >= 15 is 0 Å². The van der Waals surface area contributed by atoms with E-state index in [9.17, 15) is 9.79 Å². The van der Waals surface area contributed by atoms with E-state index in [0.29, 0.717) is 19.3 Å². The van der Waals surface area contributed by atoms with Gasteiger partial charge in [0.25, 0.3) is 0 Å². The molecule has 0 atom stereocenters. The van der Waals surface area contributed by atoms with Gasteiger partial charge in [0, 0.05) is 6.54 Å². The largest absolute Gasteiger partial charge is 0.406 e. The van der Waals surface area contributed by atoms with Gasteiger partial charge in [-0.1, -0.05) is 110 Å². The second kappa shape index (κ2) is 22.9. The van der Waals surface area contributed by atoms with E-state index in [1.165, 1.54) is 96.3 Å². The van der Waals surface area contributed by atoms with E-state index < -0.39 is 7.94 Å². The maximum atomic E-state index is 9.95. The average molecular weight is 435 g/mol. The first-order valence-electron chi connectivity index (χ1n) is 12.8. The smallest absolute Gasteiger partial charge is 0.314 e. The molecular weight excluding hydrogens is 381 g/mol. The van der Waals surface area contributed by atoms with Gasteiger partial charge < -0.3 is 5.32 Å². The molecule has 0 saturated carbocycles. The maximum absolute atomic E-state index is 9.95. The zero-order valence-electron chi connectivity index (χ0n) is 19.8. The molecule has 0 aromatic heterocycles. The van der Waals surface area contributed by atoms with Crippen molar-refractivity contribution in [3.05, 3.63) is 0 Å². The van der Waals surface area contributed by atoms with E-state index in [2.05, 4.69) is 19.2 Å². The standard InChI is InChI=1S/C24H53NO3P/c1-3-5-7-8-9-10-11-12-13-14-15-16-17-18-19-20-24-29(26,27)28-23-22-25-21-6-4-2/h25-27H,3-24H2,1-2H3/q+1. The molecule has 0 radical (unpaired) electrons. The van der Waals surface area contributed by atoms with Crippen LogP contribution in [0.15, 0.2) is 0 Å². The molecule has 0 fully saturated rings. The van der Waals surface area contributed by atoms with Crippen LogP contribution in [-0.4, -0.2) is 35.6 Å². The SMILES string of the molecule is CCCCCCCCCCCCCCCCCC[P+](O)(O)OCCNCCCC. The molecular formula is C24H53NO3P+. The Morgan fingerprint density at radius 1 is 0.552 bits per heavy atom. The minimum absolute atomic E-state index is 0.392. The summed E-state index contributed by atoms with van der Waals surface area (Å²) in [5.41, 5.74) is 0. The number of hydrogen-bond donors (Lipinski definition) is 3. The van der Waals surface area contributed by atoms with E-state index in [1.807, 2.05) is 0 Å². The molecule has 29 heavy (non-hydrogen) atoms. The Labute approximate surface area is 183 Å². The molecule has 0 aromatic rings. The Hall–Kier alpha value is 0.270. The molecule has 5 heteroatoms. The van der Waals surface area contributed by atoms with Gasteiger partial charge in [-0.2, -0.15) is 14.3 Å². The number of hydrogen-bond acceptors (Lipinski definition) is 4. The highest BCUT2D eigenvalue weighted by Gasteiger charge is 2.34. The van der Waals surface area contributed by atoms with Crippen molar-refractivity contribution >= 4 is 7.94 Å². The van der Waals surface area contributed by atoms with Crippen LogP contribution in [0.25, 0.3) is 0 Å². The fourth-order valence-electron chi connectivity index (χ4n) is 3.62. The van der Waals surface area contributed by atoms with Gasteiger partial charge >= 0.3 is 7.94 Å². The molecule has 0 rings (SSSR count). The number of rotatable bonds is 24. The van der Waals surface area contributed by atoms with Gasteiger partial charge in [0.2, 0.25) is 0 Å². The molecule has 0 aliphatic carbocycles. The minimum Gasteiger partial charge on any atom is -0.314 e. The van der Waals surface area contributed by atoms with Crippen molar-refractivity contribution < 1.29 is 14.3 Å². The van der Waals surface area contributed by atoms with E-state index in [0.717, 1.165) is 25.8 Å². The van der Waals surface area contributed by atoms with Crippen LogP contribution in [0.2, 0.25) is 0 Å². The molecule has 0 aliphatic rings. The van der Waals surface area contributed by atoms with Crippen LogP contribution in [0, 0.1) is 0 Å². The molecule has 4 nitrogen and oxygen atoms in total. The summed E-state index contributed by atoms with van der Waals surface area (Å²) >= 11 is 0. The fraction of sp³-hybridized carbons (Fsp3) is 1.00. The molecule has 0 aliphatic heterocycles. The Balaban J connectivity index is 3.23. The third kappa shape index (κ3) is 24.4. The third-order valence-electron chi connectivity index (χ3n) is 5.59. The number of nitrogens with one attached hydrogen (secondary N) is 1. The molecule has 176 valence electrons. The monoisotopic (exact) mass is 434 g/mol. The number of unbranched alkanes of at least 4 members (excludes halogenated alkanes) is 16. The highest BCUT2D eigenvalue weighted by atomic mass is 31.2. The zero-order chi connectivity index (χ0) is 21.5. The fourth-order valence-corrected chi connectivity index (χ4v) is 4.77. The second-order valence-corrected chi connectivity index (χ2v) is 10.7. The Kier molecular flexibility index (Phi) is 23.2.